The monoisotopic (exact) mass is 392 g/mol. The first kappa shape index (κ1) is 17.1. The number of nitrogens with zero attached hydrogens (tertiary/aromatic N) is 3. The average Bonchev–Trinajstić information content (AvgIpc) is 3.40. The summed E-state index contributed by atoms with van der Waals surface area (Å²) in [6.45, 7) is 2.35. The maximum Gasteiger partial charge on any atom is 0.231 e. The molecule has 6 nitrogen and oxygen atoms in total. The van der Waals surface area contributed by atoms with Crippen LogP contribution in [-0.2, 0) is 7.05 Å². The van der Waals surface area contributed by atoms with Gasteiger partial charge in [0.05, 0.1) is 11.7 Å². The summed E-state index contributed by atoms with van der Waals surface area (Å²) in [5, 5.41) is 4.15. The highest BCUT2D eigenvalue weighted by molar-refractivity contribution is 7.80. The fraction of sp³-hybridized carbons (Fsp3) is 0.238. The van der Waals surface area contributed by atoms with Crippen molar-refractivity contribution in [2.75, 3.05) is 11.7 Å². The van der Waals surface area contributed by atoms with Crippen LogP contribution in [0.3, 0.4) is 0 Å². The van der Waals surface area contributed by atoms with E-state index in [1.165, 1.54) is 5.69 Å². The summed E-state index contributed by atoms with van der Waals surface area (Å²) in [4.78, 5) is 6.73. The van der Waals surface area contributed by atoms with Gasteiger partial charge in [0.15, 0.2) is 16.6 Å². The lowest BCUT2D eigenvalue weighted by atomic mass is 10.0. The number of hydrogen-bond donors (Lipinski definition) is 1. The summed E-state index contributed by atoms with van der Waals surface area (Å²) in [6.07, 6.45) is 1.82. The molecule has 0 aliphatic carbocycles. The van der Waals surface area contributed by atoms with Crippen molar-refractivity contribution in [3.63, 3.8) is 0 Å². The minimum atomic E-state index is -0.0628. The lowest BCUT2D eigenvalue weighted by molar-refractivity contribution is 0.174. The van der Waals surface area contributed by atoms with Crippen molar-refractivity contribution in [3.8, 4) is 11.5 Å². The molecule has 0 amide bonds. The van der Waals surface area contributed by atoms with Crippen molar-refractivity contribution in [2.45, 2.75) is 19.0 Å². The summed E-state index contributed by atoms with van der Waals surface area (Å²) < 4.78 is 13.3. The molecule has 1 N–H and O–H groups in total. The topological polar surface area (TPSA) is 51.6 Å². The molecule has 2 aromatic heterocycles. The molecule has 0 radical (unpaired) electrons. The number of hydrogen-bond acceptors (Lipinski definition) is 4. The van der Waals surface area contributed by atoms with E-state index in [9.17, 15) is 0 Å². The lowest BCUT2D eigenvalue weighted by Gasteiger charge is -2.28. The van der Waals surface area contributed by atoms with Gasteiger partial charge in [0.25, 0.3) is 0 Å². The molecule has 2 atom stereocenters. The van der Waals surface area contributed by atoms with Gasteiger partial charge >= 0.3 is 0 Å². The Bertz CT molecular complexity index is 1050. The number of aromatic nitrogens is 2. The molecule has 5 rings (SSSR count). The normalized spacial score (nSPS) is 20.5. The molecule has 0 spiro atoms. The Balaban J connectivity index is 1.64. The van der Waals surface area contributed by atoms with Crippen molar-refractivity contribution in [3.05, 3.63) is 71.8 Å². The van der Waals surface area contributed by atoms with Crippen LogP contribution in [0.15, 0.2) is 54.7 Å². The van der Waals surface area contributed by atoms with E-state index in [-0.39, 0.29) is 18.9 Å². The van der Waals surface area contributed by atoms with E-state index in [1.807, 2.05) is 42.6 Å². The predicted octanol–water partition coefficient (Wildman–Crippen LogP) is 3.63. The second-order valence-corrected chi connectivity index (χ2v) is 7.38. The maximum absolute atomic E-state index is 5.76. The molecule has 3 aromatic rings. The first-order valence-corrected chi connectivity index (χ1v) is 9.57. The quantitative estimate of drug-likeness (QED) is 0.687. The zero-order valence-corrected chi connectivity index (χ0v) is 16.4. The van der Waals surface area contributed by atoms with Crippen LogP contribution in [0, 0.1) is 6.92 Å². The van der Waals surface area contributed by atoms with E-state index >= 15 is 0 Å². The van der Waals surface area contributed by atoms with Gasteiger partial charge in [-0.15, -0.1) is 0 Å². The SMILES string of the molecule is Cc1ccc([C@@H]2[C@@H](c3ccccn3)NC(=S)N2c2ccc3c(c2)OCO3)n1C. The summed E-state index contributed by atoms with van der Waals surface area (Å²) in [5.74, 6) is 1.50. The molecule has 1 aromatic carbocycles. The summed E-state index contributed by atoms with van der Waals surface area (Å²) in [7, 11) is 2.08. The molecule has 1 fully saturated rings. The molecule has 7 heteroatoms. The summed E-state index contributed by atoms with van der Waals surface area (Å²) in [5.41, 5.74) is 4.28. The Morgan fingerprint density at radius 2 is 1.96 bits per heavy atom. The van der Waals surface area contributed by atoms with E-state index in [4.69, 9.17) is 21.7 Å². The largest absolute Gasteiger partial charge is 0.454 e. The third-order valence-electron chi connectivity index (χ3n) is 5.45. The van der Waals surface area contributed by atoms with Crippen LogP contribution < -0.4 is 19.7 Å². The van der Waals surface area contributed by atoms with Crippen LogP contribution in [-0.4, -0.2) is 21.5 Å². The zero-order chi connectivity index (χ0) is 19.3. The molecule has 1 saturated heterocycles. The van der Waals surface area contributed by atoms with Gasteiger partial charge in [-0.1, -0.05) is 6.07 Å². The van der Waals surface area contributed by atoms with Crippen molar-refractivity contribution in [1.82, 2.24) is 14.9 Å². The van der Waals surface area contributed by atoms with Gasteiger partial charge in [0.1, 0.15) is 6.04 Å². The van der Waals surface area contributed by atoms with Gasteiger partial charge in [-0.3, -0.25) is 4.98 Å². The van der Waals surface area contributed by atoms with Crippen molar-refractivity contribution in [2.24, 2.45) is 7.05 Å². The second-order valence-electron chi connectivity index (χ2n) is 6.99. The van der Waals surface area contributed by atoms with Gasteiger partial charge in [-0.25, -0.2) is 0 Å². The Kier molecular flexibility index (Phi) is 3.98. The Labute approximate surface area is 168 Å². The minimum absolute atomic E-state index is 0.0403. The lowest BCUT2D eigenvalue weighted by Crippen LogP contribution is -2.30. The molecular weight excluding hydrogens is 372 g/mol. The molecule has 4 heterocycles. The summed E-state index contributed by atoms with van der Waals surface area (Å²) in [6, 6.07) is 16.1. The smallest absolute Gasteiger partial charge is 0.231 e. The van der Waals surface area contributed by atoms with Crippen LogP contribution >= 0.6 is 12.2 Å². The molecule has 28 heavy (non-hydrogen) atoms. The van der Waals surface area contributed by atoms with Gasteiger partial charge in [-0.05, 0) is 55.5 Å². The van der Waals surface area contributed by atoms with Gasteiger partial charge < -0.3 is 24.3 Å². The predicted molar refractivity (Wildman–Crippen MR) is 111 cm³/mol. The van der Waals surface area contributed by atoms with Crippen molar-refractivity contribution in [1.29, 1.82) is 0 Å². The van der Waals surface area contributed by atoms with E-state index in [2.05, 4.69) is 45.9 Å². The number of fused-ring (bicyclic) bond motifs is 1. The fourth-order valence-corrected chi connectivity index (χ4v) is 4.24. The van der Waals surface area contributed by atoms with E-state index < -0.39 is 0 Å². The molecule has 0 saturated carbocycles. The van der Waals surface area contributed by atoms with Crippen LogP contribution in [0.25, 0.3) is 0 Å². The van der Waals surface area contributed by atoms with Gasteiger partial charge in [-0.2, -0.15) is 0 Å². The standard InChI is InChI=1S/C21H20N4O2S/c1-13-6-8-16(24(13)2)20-19(15-5-3-4-10-22-15)23-21(28)25(20)14-7-9-17-18(11-14)27-12-26-17/h3-11,19-20H,12H2,1-2H3,(H,23,28)/t19-,20-/m1/s1. The molecule has 0 bridgehead atoms. The number of anilines is 1. The zero-order valence-electron chi connectivity index (χ0n) is 15.6. The number of ether oxygens (including phenoxy) is 2. The fourth-order valence-electron chi connectivity index (χ4n) is 3.90. The minimum Gasteiger partial charge on any atom is -0.454 e. The first-order chi connectivity index (χ1) is 13.6. The van der Waals surface area contributed by atoms with Gasteiger partial charge in [0.2, 0.25) is 6.79 Å². The van der Waals surface area contributed by atoms with E-state index in [1.54, 1.807) is 0 Å². The number of pyridine rings is 1. The highest BCUT2D eigenvalue weighted by Crippen LogP contribution is 2.44. The number of aryl methyl sites for hydroxylation is 1. The Morgan fingerprint density at radius 3 is 2.71 bits per heavy atom. The third kappa shape index (κ3) is 2.62. The van der Waals surface area contributed by atoms with Crippen LogP contribution in [0.5, 0.6) is 11.5 Å². The van der Waals surface area contributed by atoms with Crippen LogP contribution in [0.4, 0.5) is 5.69 Å². The van der Waals surface area contributed by atoms with Crippen molar-refractivity contribution >= 4 is 23.0 Å². The average molecular weight is 392 g/mol. The highest BCUT2D eigenvalue weighted by atomic mass is 32.1. The Morgan fingerprint density at radius 1 is 1.11 bits per heavy atom. The Hall–Kier alpha value is -3.06. The molecule has 2 aliphatic heterocycles. The van der Waals surface area contributed by atoms with Crippen molar-refractivity contribution < 1.29 is 9.47 Å². The first-order valence-electron chi connectivity index (χ1n) is 9.16. The maximum atomic E-state index is 5.76. The third-order valence-corrected chi connectivity index (χ3v) is 5.76. The van der Waals surface area contributed by atoms with Gasteiger partial charge in [0, 0.05) is 36.4 Å². The van der Waals surface area contributed by atoms with Crippen LogP contribution in [0.1, 0.15) is 29.2 Å². The number of rotatable bonds is 3. The second kappa shape index (κ2) is 6.53. The number of nitrogens with one attached hydrogen (secondary N) is 1. The number of benzene rings is 1. The molecule has 0 unspecified atom stereocenters. The van der Waals surface area contributed by atoms with E-state index in [0.717, 1.165) is 28.6 Å². The highest BCUT2D eigenvalue weighted by Gasteiger charge is 2.42. The molecular formula is C21H20N4O2S. The number of thiocarbonyl (C=S) groups is 1. The van der Waals surface area contributed by atoms with E-state index in [0.29, 0.717) is 5.11 Å². The van der Waals surface area contributed by atoms with Crippen LogP contribution in [0.2, 0.25) is 0 Å². The molecule has 142 valence electrons. The molecule has 2 aliphatic rings. The summed E-state index contributed by atoms with van der Waals surface area (Å²) >= 11 is 5.76.